The first-order valence-corrected chi connectivity index (χ1v) is 11.6. The highest BCUT2D eigenvalue weighted by molar-refractivity contribution is 7.92. The van der Waals surface area contributed by atoms with Gasteiger partial charge in [-0.1, -0.05) is 18.2 Å². The molecule has 2 aromatic rings. The second-order valence-corrected chi connectivity index (χ2v) is 10.2. The highest BCUT2D eigenvalue weighted by Crippen LogP contribution is 2.39. The molecule has 0 aliphatic carbocycles. The molecule has 162 valence electrons. The van der Waals surface area contributed by atoms with Crippen LogP contribution in [0.1, 0.15) is 38.8 Å². The van der Waals surface area contributed by atoms with Gasteiger partial charge in [-0.15, -0.1) is 0 Å². The standard InChI is InChI=1S/C22H28N2O5S/c1-15(28-17-12-10-16(11-13-17)24(4)30(5,26)27)21(25)23-19-14-22(2,3)29-20-9-7-6-8-18(19)20/h6-13,15,19H,14H2,1-5H3,(H,23,25)/t15-,19+/m1/s1. The number of carbonyl (C=O) groups excluding carboxylic acids is 1. The van der Waals surface area contributed by atoms with Crippen LogP contribution in [0.4, 0.5) is 5.69 Å². The van der Waals surface area contributed by atoms with E-state index in [4.69, 9.17) is 9.47 Å². The summed E-state index contributed by atoms with van der Waals surface area (Å²) in [5, 5.41) is 3.07. The molecule has 0 radical (unpaired) electrons. The van der Waals surface area contributed by atoms with Crippen molar-refractivity contribution in [2.24, 2.45) is 0 Å². The monoisotopic (exact) mass is 432 g/mol. The minimum Gasteiger partial charge on any atom is -0.487 e. The molecule has 0 aromatic heterocycles. The molecular weight excluding hydrogens is 404 g/mol. The van der Waals surface area contributed by atoms with E-state index in [0.717, 1.165) is 17.6 Å². The molecule has 1 amide bonds. The van der Waals surface area contributed by atoms with E-state index in [1.807, 2.05) is 38.1 Å². The zero-order valence-electron chi connectivity index (χ0n) is 17.9. The molecule has 2 atom stereocenters. The van der Waals surface area contributed by atoms with Gasteiger partial charge in [0.2, 0.25) is 10.0 Å². The summed E-state index contributed by atoms with van der Waals surface area (Å²) < 4.78 is 36.2. The molecule has 1 heterocycles. The van der Waals surface area contributed by atoms with Crippen LogP contribution in [0.25, 0.3) is 0 Å². The second kappa shape index (κ2) is 8.18. The van der Waals surface area contributed by atoms with E-state index in [1.54, 1.807) is 31.2 Å². The SMILES string of the molecule is C[C@@H](Oc1ccc(N(C)S(C)(=O)=O)cc1)C(=O)N[C@H]1CC(C)(C)Oc2ccccc21. The Morgan fingerprint density at radius 2 is 1.83 bits per heavy atom. The number of fused-ring (bicyclic) bond motifs is 1. The lowest BCUT2D eigenvalue weighted by atomic mass is 9.89. The van der Waals surface area contributed by atoms with E-state index in [9.17, 15) is 13.2 Å². The molecule has 0 fully saturated rings. The van der Waals surface area contributed by atoms with Crippen LogP contribution < -0.4 is 19.1 Å². The first-order chi connectivity index (χ1) is 14.0. The Hall–Kier alpha value is -2.74. The van der Waals surface area contributed by atoms with E-state index in [0.29, 0.717) is 17.9 Å². The molecule has 1 aliphatic rings. The summed E-state index contributed by atoms with van der Waals surface area (Å²) in [5.41, 5.74) is 1.08. The molecule has 2 aromatic carbocycles. The van der Waals surface area contributed by atoms with Crippen molar-refractivity contribution < 1.29 is 22.7 Å². The van der Waals surface area contributed by atoms with Gasteiger partial charge in [-0.2, -0.15) is 0 Å². The number of amides is 1. The number of benzene rings is 2. The first kappa shape index (κ1) is 22.0. The van der Waals surface area contributed by atoms with Gasteiger partial charge in [-0.05, 0) is 51.1 Å². The lowest BCUT2D eigenvalue weighted by Crippen LogP contribution is -2.44. The fourth-order valence-electron chi connectivity index (χ4n) is 3.40. The maximum Gasteiger partial charge on any atom is 0.261 e. The van der Waals surface area contributed by atoms with Crippen LogP contribution in [0.15, 0.2) is 48.5 Å². The maximum absolute atomic E-state index is 12.8. The number of hydrogen-bond donors (Lipinski definition) is 1. The number of nitrogens with one attached hydrogen (secondary N) is 1. The van der Waals surface area contributed by atoms with Crippen LogP contribution in [-0.4, -0.2) is 39.3 Å². The van der Waals surface area contributed by atoms with Gasteiger partial charge in [0.15, 0.2) is 6.10 Å². The molecule has 1 N–H and O–H groups in total. The Balaban J connectivity index is 1.67. The molecule has 0 spiro atoms. The Morgan fingerprint density at radius 3 is 2.47 bits per heavy atom. The molecule has 0 bridgehead atoms. The van der Waals surface area contributed by atoms with E-state index in [2.05, 4.69) is 5.32 Å². The van der Waals surface area contributed by atoms with Crippen molar-refractivity contribution in [2.75, 3.05) is 17.6 Å². The van der Waals surface area contributed by atoms with Gasteiger partial charge in [0.25, 0.3) is 5.91 Å². The zero-order chi connectivity index (χ0) is 22.1. The molecule has 1 aliphatic heterocycles. The molecule has 7 nitrogen and oxygen atoms in total. The van der Waals surface area contributed by atoms with E-state index >= 15 is 0 Å². The van der Waals surface area contributed by atoms with Crippen molar-refractivity contribution in [2.45, 2.75) is 44.9 Å². The summed E-state index contributed by atoms with van der Waals surface area (Å²) in [6.07, 6.45) is 1.07. The van der Waals surface area contributed by atoms with Gasteiger partial charge in [-0.3, -0.25) is 9.10 Å². The van der Waals surface area contributed by atoms with Crippen LogP contribution in [0.3, 0.4) is 0 Å². The highest BCUT2D eigenvalue weighted by atomic mass is 32.2. The molecular formula is C22H28N2O5S. The average Bonchev–Trinajstić information content (AvgIpc) is 2.66. The number of sulfonamides is 1. The number of anilines is 1. The summed E-state index contributed by atoms with van der Waals surface area (Å²) in [6.45, 7) is 5.68. The molecule has 0 saturated carbocycles. The van der Waals surface area contributed by atoms with Gasteiger partial charge < -0.3 is 14.8 Å². The van der Waals surface area contributed by atoms with Gasteiger partial charge in [0.05, 0.1) is 18.0 Å². The van der Waals surface area contributed by atoms with Crippen molar-refractivity contribution in [3.05, 3.63) is 54.1 Å². The smallest absolute Gasteiger partial charge is 0.261 e. The van der Waals surface area contributed by atoms with Crippen LogP contribution >= 0.6 is 0 Å². The average molecular weight is 433 g/mol. The lowest BCUT2D eigenvalue weighted by Gasteiger charge is -2.38. The second-order valence-electron chi connectivity index (χ2n) is 8.15. The maximum atomic E-state index is 12.8. The summed E-state index contributed by atoms with van der Waals surface area (Å²) in [7, 11) is -1.86. The number of para-hydroxylation sites is 1. The minimum absolute atomic E-state index is 0.172. The first-order valence-electron chi connectivity index (χ1n) is 9.75. The summed E-state index contributed by atoms with van der Waals surface area (Å²) >= 11 is 0. The molecule has 0 unspecified atom stereocenters. The van der Waals surface area contributed by atoms with E-state index < -0.39 is 21.7 Å². The van der Waals surface area contributed by atoms with Crippen molar-refractivity contribution >= 4 is 21.6 Å². The van der Waals surface area contributed by atoms with Gasteiger partial charge in [0.1, 0.15) is 17.1 Å². The number of ether oxygens (including phenoxy) is 2. The highest BCUT2D eigenvalue weighted by Gasteiger charge is 2.35. The predicted octanol–water partition coefficient (Wildman–Crippen LogP) is 3.27. The minimum atomic E-state index is -3.34. The quantitative estimate of drug-likeness (QED) is 0.757. The van der Waals surface area contributed by atoms with E-state index in [-0.39, 0.29) is 11.9 Å². The normalized spacial score (nSPS) is 18.5. The van der Waals surface area contributed by atoms with Crippen molar-refractivity contribution in [3.8, 4) is 11.5 Å². The predicted molar refractivity (Wildman–Crippen MR) is 116 cm³/mol. The molecule has 30 heavy (non-hydrogen) atoms. The van der Waals surface area contributed by atoms with Gasteiger partial charge >= 0.3 is 0 Å². The third-order valence-corrected chi connectivity index (χ3v) is 6.28. The zero-order valence-corrected chi connectivity index (χ0v) is 18.7. The molecule has 8 heteroatoms. The fourth-order valence-corrected chi connectivity index (χ4v) is 3.91. The number of hydrogen-bond acceptors (Lipinski definition) is 5. The summed E-state index contributed by atoms with van der Waals surface area (Å²) in [6, 6.07) is 14.1. The third-order valence-electron chi connectivity index (χ3n) is 5.07. The lowest BCUT2D eigenvalue weighted by molar-refractivity contribution is -0.128. The Kier molecular flexibility index (Phi) is 5.99. The van der Waals surface area contributed by atoms with Crippen LogP contribution in [0, 0.1) is 0 Å². The summed E-state index contributed by atoms with van der Waals surface area (Å²) in [5.74, 6) is 1.03. The number of carbonyl (C=O) groups is 1. The van der Waals surface area contributed by atoms with Crippen molar-refractivity contribution in [3.63, 3.8) is 0 Å². The number of nitrogens with zero attached hydrogens (tertiary/aromatic N) is 1. The third kappa shape index (κ3) is 5.05. The molecule has 3 rings (SSSR count). The Labute approximate surface area is 178 Å². The van der Waals surface area contributed by atoms with Crippen LogP contribution in [0.2, 0.25) is 0 Å². The van der Waals surface area contributed by atoms with E-state index in [1.165, 1.54) is 11.4 Å². The Morgan fingerprint density at radius 1 is 1.20 bits per heavy atom. The van der Waals surface area contributed by atoms with Crippen molar-refractivity contribution in [1.29, 1.82) is 0 Å². The summed E-state index contributed by atoms with van der Waals surface area (Å²) in [4.78, 5) is 12.8. The van der Waals surface area contributed by atoms with Gasteiger partial charge in [0, 0.05) is 19.0 Å². The van der Waals surface area contributed by atoms with Crippen LogP contribution in [0.5, 0.6) is 11.5 Å². The van der Waals surface area contributed by atoms with Crippen LogP contribution in [-0.2, 0) is 14.8 Å². The fraction of sp³-hybridized carbons (Fsp3) is 0.409. The van der Waals surface area contributed by atoms with Crippen molar-refractivity contribution in [1.82, 2.24) is 5.32 Å². The topological polar surface area (TPSA) is 84.9 Å². The Bertz CT molecular complexity index is 1020. The largest absolute Gasteiger partial charge is 0.487 e. The van der Waals surface area contributed by atoms with Gasteiger partial charge in [-0.25, -0.2) is 8.42 Å². The molecule has 0 saturated heterocycles. The number of rotatable bonds is 6.